The van der Waals surface area contributed by atoms with Crippen molar-refractivity contribution in [3.63, 3.8) is 0 Å². The van der Waals surface area contributed by atoms with Gasteiger partial charge in [0.15, 0.2) is 5.82 Å². The molecule has 1 aromatic heterocycles. The van der Waals surface area contributed by atoms with Crippen LogP contribution in [0.1, 0.15) is 54.6 Å². The van der Waals surface area contributed by atoms with Crippen LogP contribution in [0, 0.1) is 0 Å². The van der Waals surface area contributed by atoms with Gasteiger partial charge in [0, 0.05) is 11.6 Å². The van der Waals surface area contributed by atoms with Gasteiger partial charge in [0.05, 0.1) is 6.04 Å². The van der Waals surface area contributed by atoms with Crippen LogP contribution in [0.4, 0.5) is 0 Å². The Kier molecular flexibility index (Phi) is 5.86. The number of para-hydroxylation sites is 1. The SMILES string of the molecule is CC(NC(=O)c1ccc(COc2ccccc2)cc1)c1nncn1C(C)C. The van der Waals surface area contributed by atoms with E-state index in [9.17, 15) is 4.79 Å². The number of hydrogen-bond acceptors (Lipinski definition) is 4. The highest BCUT2D eigenvalue weighted by Crippen LogP contribution is 2.16. The van der Waals surface area contributed by atoms with Crippen molar-refractivity contribution < 1.29 is 9.53 Å². The predicted octanol–water partition coefficient (Wildman–Crippen LogP) is 3.93. The molecule has 0 fully saturated rings. The van der Waals surface area contributed by atoms with Crippen molar-refractivity contribution in [2.45, 2.75) is 39.5 Å². The maximum Gasteiger partial charge on any atom is 0.251 e. The highest BCUT2D eigenvalue weighted by molar-refractivity contribution is 5.94. The van der Waals surface area contributed by atoms with Crippen LogP contribution in [-0.4, -0.2) is 20.7 Å². The maximum absolute atomic E-state index is 12.5. The molecule has 0 saturated heterocycles. The number of hydrogen-bond donors (Lipinski definition) is 1. The molecule has 6 nitrogen and oxygen atoms in total. The second-order valence-electron chi connectivity index (χ2n) is 6.68. The van der Waals surface area contributed by atoms with Crippen LogP contribution in [0.5, 0.6) is 5.75 Å². The van der Waals surface area contributed by atoms with Crippen LogP contribution >= 0.6 is 0 Å². The van der Waals surface area contributed by atoms with E-state index in [1.54, 1.807) is 18.5 Å². The first-order chi connectivity index (χ1) is 13.0. The molecule has 0 spiro atoms. The number of carbonyl (C=O) groups is 1. The molecule has 1 unspecified atom stereocenters. The van der Waals surface area contributed by atoms with E-state index in [-0.39, 0.29) is 18.0 Å². The fraction of sp³-hybridized carbons (Fsp3) is 0.286. The lowest BCUT2D eigenvalue weighted by atomic mass is 10.1. The normalized spacial score (nSPS) is 12.0. The number of benzene rings is 2. The molecule has 1 heterocycles. The van der Waals surface area contributed by atoms with E-state index in [0.29, 0.717) is 12.2 Å². The number of nitrogens with zero attached hydrogens (tertiary/aromatic N) is 3. The van der Waals surface area contributed by atoms with Crippen molar-refractivity contribution in [1.82, 2.24) is 20.1 Å². The largest absolute Gasteiger partial charge is 0.489 e. The third kappa shape index (κ3) is 4.73. The highest BCUT2D eigenvalue weighted by atomic mass is 16.5. The molecule has 27 heavy (non-hydrogen) atoms. The zero-order valence-electron chi connectivity index (χ0n) is 15.8. The van der Waals surface area contributed by atoms with Crippen molar-refractivity contribution in [3.05, 3.63) is 77.9 Å². The van der Waals surface area contributed by atoms with Gasteiger partial charge in [-0.25, -0.2) is 0 Å². The Hall–Kier alpha value is -3.15. The predicted molar refractivity (Wildman–Crippen MR) is 104 cm³/mol. The molecule has 1 atom stereocenters. The molecular weight excluding hydrogens is 340 g/mol. The lowest BCUT2D eigenvalue weighted by molar-refractivity contribution is 0.0937. The zero-order chi connectivity index (χ0) is 19.2. The molecule has 2 aromatic carbocycles. The summed E-state index contributed by atoms with van der Waals surface area (Å²) in [4.78, 5) is 12.5. The summed E-state index contributed by atoms with van der Waals surface area (Å²) in [6.45, 7) is 6.47. The molecule has 140 valence electrons. The summed E-state index contributed by atoms with van der Waals surface area (Å²) in [5.41, 5.74) is 1.60. The van der Waals surface area contributed by atoms with Crippen LogP contribution in [0.25, 0.3) is 0 Å². The van der Waals surface area contributed by atoms with Crippen LogP contribution in [0.3, 0.4) is 0 Å². The Morgan fingerprint density at radius 3 is 2.44 bits per heavy atom. The van der Waals surface area contributed by atoms with Gasteiger partial charge in [0.25, 0.3) is 5.91 Å². The quantitative estimate of drug-likeness (QED) is 0.690. The Labute approximate surface area is 159 Å². The summed E-state index contributed by atoms with van der Waals surface area (Å²) in [5.74, 6) is 1.42. The summed E-state index contributed by atoms with van der Waals surface area (Å²) in [7, 11) is 0. The lowest BCUT2D eigenvalue weighted by Crippen LogP contribution is -2.29. The number of rotatable bonds is 7. The summed E-state index contributed by atoms with van der Waals surface area (Å²) in [5, 5.41) is 11.1. The molecule has 0 bridgehead atoms. The Morgan fingerprint density at radius 1 is 1.07 bits per heavy atom. The Morgan fingerprint density at radius 2 is 1.78 bits per heavy atom. The first kappa shape index (κ1) is 18.6. The molecule has 1 amide bonds. The van der Waals surface area contributed by atoms with Crippen LogP contribution in [0.2, 0.25) is 0 Å². The van der Waals surface area contributed by atoms with Crippen LogP contribution in [-0.2, 0) is 6.61 Å². The first-order valence-corrected chi connectivity index (χ1v) is 9.01. The van der Waals surface area contributed by atoms with E-state index in [0.717, 1.165) is 17.1 Å². The zero-order valence-corrected chi connectivity index (χ0v) is 15.8. The molecule has 6 heteroatoms. The Bertz CT molecular complexity index is 873. The summed E-state index contributed by atoms with van der Waals surface area (Å²) < 4.78 is 7.68. The average Bonchev–Trinajstić information content (AvgIpc) is 3.18. The third-order valence-corrected chi connectivity index (χ3v) is 4.26. The number of carbonyl (C=O) groups excluding carboxylic acids is 1. The highest BCUT2D eigenvalue weighted by Gasteiger charge is 2.17. The number of nitrogens with one attached hydrogen (secondary N) is 1. The van der Waals surface area contributed by atoms with Gasteiger partial charge >= 0.3 is 0 Å². The smallest absolute Gasteiger partial charge is 0.251 e. The molecule has 0 radical (unpaired) electrons. The second-order valence-corrected chi connectivity index (χ2v) is 6.68. The molecule has 1 N–H and O–H groups in total. The Balaban J connectivity index is 1.59. The third-order valence-electron chi connectivity index (χ3n) is 4.26. The standard InChI is InChI=1S/C21H24N4O2/c1-15(2)25-14-22-24-20(25)16(3)23-21(26)18-11-9-17(10-12-18)13-27-19-7-5-4-6-8-19/h4-12,14-16H,13H2,1-3H3,(H,23,26). The molecule has 0 aliphatic heterocycles. The van der Waals surface area contributed by atoms with Crippen LogP contribution < -0.4 is 10.1 Å². The van der Waals surface area contributed by atoms with E-state index in [2.05, 4.69) is 29.4 Å². The van der Waals surface area contributed by atoms with Gasteiger partial charge in [0.2, 0.25) is 0 Å². The van der Waals surface area contributed by atoms with Crippen molar-refractivity contribution in [3.8, 4) is 5.75 Å². The van der Waals surface area contributed by atoms with Gasteiger partial charge in [-0.05, 0) is 50.6 Å². The van der Waals surface area contributed by atoms with E-state index < -0.39 is 0 Å². The van der Waals surface area contributed by atoms with Gasteiger partial charge < -0.3 is 14.6 Å². The number of amides is 1. The minimum absolute atomic E-state index is 0.142. The number of aromatic nitrogens is 3. The van der Waals surface area contributed by atoms with E-state index in [1.807, 2.05) is 54.0 Å². The van der Waals surface area contributed by atoms with Gasteiger partial charge in [0.1, 0.15) is 18.7 Å². The fourth-order valence-electron chi connectivity index (χ4n) is 2.74. The minimum Gasteiger partial charge on any atom is -0.489 e. The van der Waals surface area contributed by atoms with E-state index in [1.165, 1.54) is 0 Å². The van der Waals surface area contributed by atoms with E-state index in [4.69, 9.17) is 4.74 Å². The van der Waals surface area contributed by atoms with Crippen molar-refractivity contribution in [2.75, 3.05) is 0 Å². The maximum atomic E-state index is 12.5. The summed E-state index contributed by atoms with van der Waals surface area (Å²) >= 11 is 0. The van der Waals surface area contributed by atoms with Gasteiger partial charge in [-0.3, -0.25) is 4.79 Å². The monoisotopic (exact) mass is 364 g/mol. The topological polar surface area (TPSA) is 69.0 Å². The van der Waals surface area contributed by atoms with Crippen molar-refractivity contribution in [2.24, 2.45) is 0 Å². The molecule has 0 saturated carbocycles. The van der Waals surface area contributed by atoms with Crippen LogP contribution in [0.15, 0.2) is 60.9 Å². The fourth-order valence-corrected chi connectivity index (χ4v) is 2.74. The van der Waals surface area contributed by atoms with E-state index >= 15 is 0 Å². The molecular formula is C21H24N4O2. The van der Waals surface area contributed by atoms with Crippen molar-refractivity contribution in [1.29, 1.82) is 0 Å². The minimum atomic E-state index is -0.233. The van der Waals surface area contributed by atoms with Crippen molar-refractivity contribution >= 4 is 5.91 Å². The molecule has 0 aliphatic rings. The summed E-state index contributed by atoms with van der Waals surface area (Å²) in [6.07, 6.45) is 1.68. The second kappa shape index (κ2) is 8.49. The average molecular weight is 364 g/mol. The van der Waals surface area contributed by atoms with Gasteiger partial charge in [-0.15, -0.1) is 10.2 Å². The first-order valence-electron chi connectivity index (χ1n) is 9.01. The molecule has 0 aliphatic carbocycles. The van der Waals surface area contributed by atoms with Gasteiger partial charge in [-0.1, -0.05) is 30.3 Å². The number of ether oxygens (including phenoxy) is 1. The summed E-state index contributed by atoms with van der Waals surface area (Å²) in [6, 6.07) is 17.1. The van der Waals surface area contributed by atoms with Gasteiger partial charge in [-0.2, -0.15) is 0 Å². The molecule has 3 aromatic rings. The lowest BCUT2D eigenvalue weighted by Gasteiger charge is -2.17. The molecule has 3 rings (SSSR count).